The van der Waals surface area contributed by atoms with Crippen molar-refractivity contribution in [3.05, 3.63) is 23.7 Å². The Labute approximate surface area is 103 Å². The van der Waals surface area contributed by atoms with E-state index in [1.165, 1.54) is 18.6 Å². The molecule has 2 N–H and O–H groups in total. The first-order valence-corrected chi connectivity index (χ1v) is 7.02. The summed E-state index contributed by atoms with van der Waals surface area (Å²) in [6.07, 6.45) is 3.60. The second kappa shape index (κ2) is 3.06. The average Bonchev–Trinajstić information content (AvgIpc) is 2.11. The van der Waals surface area contributed by atoms with Crippen LogP contribution >= 0.6 is 11.8 Å². The fourth-order valence-corrected chi connectivity index (χ4v) is 5.51. The van der Waals surface area contributed by atoms with Gasteiger partial charge in [-0.2, -0.15) is 11.8 Å². The summed E-state index contributed by atoms with van der Waals surface area (Å²) in [6.45, 7) is 0. The number of alkyl halides is 1. The van der Waals surface area contributed by atoms with Crippen LogP contribution in [-0.4, -0.2) is 39.7 Å². The summed E-state index contributed by atoms with van der Waals surface area (Å²) in [4.78, 5) is 2.06. The molecule has 2 aliphatic heterocycles. The number of hydrogen-bond acceptors (Lipinski definition) is 3. The summed E-state index contributed by atoms with van der Waals surface area (Å²) in [7, 11) is 0. The minimum Gasteiger partial charge on any atom is -0.399 e. The van der Waals surface area contributed by atoms with Gasteiger partial charge in [0.25, 0.3) is 0 Å². The molecule has 1 spiro atoms. The Bertz CT molecular complexity index is 430. The number of thioether (sulfide) groups is 1. The Morgan fingerprint density at radius 3 is 2.76 bits per heavy atom. The molecule has 2 aliphatic carbocycles. The van der Waals surface area contributed by atoms with E-state index in [9.17, 15) is 8.78 Å². The zero-order valence-electron chi connectivity index (χ0n) is 9.27. The van der Waals surface area contributed by atoms with Crippen molar-refractivity contribution in [1.82, 2.24) is 4.90 Å². The Morgan fingerprint density at radius 2 is 2.29 bits per heavy atom. The highest BCUT2D eigenvalue weighted by molar-refractivity contribution is 8.02. The molecule has 0 aromatic carbocycles. The zero-order valence-corrected chi connectivity index (χ0v) is 10.1. The van der Waals surface area contributed by atoms with Gasteiger partial charge in [0.2, 0.25) is 0 Å². The molecular weight excluding hydrogens is 242 g/mol. The summed E-state index contributed by atoms with van der Waals surface area (Å²) in [5.74, 6) is 0.613. The molecule has 2 heterocycles. The SMILES string of the molecule is NC1=CC(F)C(N2C3CCC34SCC24)C(F)=C1. The van der Waals surface area contributed by atoms with Gasteiger partial charge in [0.15, 0.2) is 0 Å². The number of halogens is 2. The first-order valence-electron chi connectivity index (χ1n) is 6.03. The smallest absolute Gasteiger partial charge is 0.142 e. The van der Waals surface area contributed by atoms with Crippen molar-refractivity contribution in [2.45, 2.75) is 41.9 Å². The van der Waals surface area contributed by atoms with Crippen molar-refractivity contribution >= 4 is 11.8 Å². The van der Waals surface area contributed by atoms with Crippen LogP contribution in [0.4, 0.5) is 8.78 Å². The quantitative estimate of drug-likeness (QED) is 0.775. The molecule has 5 atom stereocenters. The molecule has 2 saturated heterocycles. The zero-order chi connectivity index (χ0) is 11.8. The predicted molar refractivity (Wildman–Crippen MR) is 64.0 cm³/mol. The minimum atomic E-state index is -1.30. The van der Waals surface area contributed by atoms with E-state index >= 15 is 0 Å². The maximum atomic E-state index is 14.0. The molecule has 0 bridgehead atoms. The van der Waals surface area contributed by atoms with Crippen molar-refractivity contribution in [3.63, 3.8) is 0 Å². The number of piperidine rings is 1. The van der Waals surface area contributed by atoms with Crippen LogP contribution in [0.2, 0.25) is 0 Å². The summed E-state index contributed by atoms with van der Waals surface area (Å²) in [6, 6.07) is 0.0642. The maximum absolute atomic E-state index is 14.0. The van der Waals surface area contributed by atoms with E-state index in [2.05, 4.69) is 4.90 Å². The van der Waals surface area contributed by atoms with E-state index in [0.717, 1.165) is 12.2 Å². The standard InChI is InChI=1S/C12H14F2N2S/c13-7-3-6(15)4-8(14)11(7)16-9-1-2-12(9)10(16)5-17-12/h3-4,7,9-11H,1-2,5,15H2. The molecule has 3 fully saturated rings. The molecular formula is C12H14F2N2S. The molecule has 4 rings (SSSR count). The van der Waals surface area contributed by atoms with Gasteiger partial charge < -0.3 is 5.73 Å². The van der Waals surface area contributed by atoms with Crippen LogP contribution < -0.4 is 5.73 Å². The van der Waals surface area contributed by atoms with Crippen molar-refractivity contribution in [2.75, 3.05) is 5.75 Å². The Kier molecular flexibility index (Phi) is 1.87. The monoisotopic (exact) mass is 256 g/mol. The third-order valence-electron chi connectivity index (χ3n) is 4.73. The lowest BCUT2D eigenvalue weighted by atomic mass is 9.62. The lowest BCUT2D eigenvalue weighted by Gasteiger charge is -2.77. The van der Waals surface area contributed by atoms with Gasteiger partial charge in [-0.25, -0.2) is 8.78 Å². The Balaban J connectivity index is 1.62. The van der Waals surface area contributed by atoms with E-state index in [-0.39, 0.29) is 5.70 Å². The molecule has 0 amide bonds. The number of likely N-dealkylation sites (tertiary alicyclic amines) is 1. The second-order valence-corrected chi connectivity index (χ2v) is 6.75. The van der Waals surface area contributed by atoms with E-state index in [4.69, 9.17) is 5.73 Å². The molecule has 1 saturated carbocycles. The molecule has 0 aromatic heterocycles. The van der Waals surface area contributed by atoms with Gasteiger partial charge >= 0.3 is 0 Å². The van der Waals surface area contributed by atoms with E-state index < -0.39 is 18.0 Å². The Hall–Kier alpha value is -0.550. The summed E-state index contributed by atoms with van der Waals surface area (Å²) < 4.78 is 28.3. The fourth-order valence-electron chi connectivity index (χ4n) is 3.78. The number of nitrogens with zero attached hydrogens (tertiary/aromatic N) is 1. The summed E-state index contributed by atoms with van der Waals surface area (Å²) in [5, 5.41) is 0. The normalized spacial score (nSPS) is 52.1. The molecule has 17 heavy (non-hydrogen) atoms. The minimum absolute atomic E-state index is 0.203. The van der Waals surface area contributed by atoms with Gasteiger partial charge in [0.1, 0.15) is 12.0 Å². The van der Waals surface area contributed by atoms with E-state index in [0.29, 0.717) is 16.8 Å². The third-order valence-corrected chi connectivity index (χ3v) is 6.50. The Morgan fingerprint density at radius 1 is 1.47 bits per heavy atom. The molecule has 2 nitrogen and oxygen atoms in total. The van der Waals surface area contributed by atoms with Crippen molar-refractivity contribution in [2.24, 2.45) is 5.73 Å². The number of allylic oxidation sites excluding steroid dienone is 1. The maximum Gasteiger partial charge on any atom is 0.142 e. The highest BCUT2D eigenvalue weighted by atomic mass is 32.2. The average molecular weight is 256 g/mol. The topological polar surface area (TPSA) is 29.3 Å². The van der Waals surface area contributed by atoms with Crippen molar-refractivity contribution in [3.8, 4) is 0 Å². The molecule has 0 aromatic rings. The van der Waals surface area contributed by atoms with Crippen LogP contribution in [0.5, 0.6) is 0 Å². The second-order valence-electron chi connectivity index (χ2n) is 5.37. The molecule has 5 unspecified atom stereocenters. The van der Waals surface area contributed by atoms with Gasteiger partial charge in [-0.3, -0.25) is 4.90 Å². The lowest BCUT2D eigenvalue weighted by Crippen LogP contribution is -2.87. The number of hydrogen-bond donors (Lipinski definition) is 1. The van der Waals surface area contributed by atoms with Gasteiger partial charge in [-0.1, -0.05) is 0 Å². The summed E-state index contributed by atoms with van der Waals surface area (Å²) in [5.41, 5.74) is 5.67. The van der Waals surface area contributed by atoms with Gasteiger partial charge in [-0.05, 0) is 25.0 Å². The summed E-state index contributed by atoms with van der Waals surface area (Å²) >= 11 is 1.98. The van der Waals surface area contributed by atoms with Crippen LogP contribution in [0, 0.1) is 0 Å². The third kappa shape index (κ3) is 1.06. The van der Waals surface area contributed by atoms with Crippen molar-refractivity contribution < 1.29 is 8.78 Å². The van der Waals surface area contributed by atoms with Crippen LogP contribution in [0.25, 0.3) is 0 Å². The molecule has 4 aliphatic rings. The largest absolute Gasteiger partial charge is 0.399 e. The van der Waals surface area contributed by atoms with Gasteiger partial charge in [0, 0.05) is 28.3 Å². The number of rotatable bonds is 1. The van der Waals surface area contributed by atoms with E-state index in [1.807, 2.05) is 11.8 Å². The molecule has 5 heteroatoms. The highest BCUT2D eigenvalue weighted by Crippen LogP contribution is 2.67. The van der Waals surface area contributed by atoms with Crippen LogP contribution in [0.3, 0.4) is 0 Å². The molecule has 0 radical (unpaired) electrons. The van der Waals surface area contributed by atoms with E-state index in [1.54, 1.807) is 0 Å². The predicted octanol–water partition coefficient (Wildman–Crippen LogP) is 1.73. The molecule has 92 valence electrons. The van der Waals surface area contributed by atoms with Gasteiger partial charge in [-0.15, -0.1) is 0 Å². The first kappa shape index (κ1) is 10.4. The van der Waals surface area contributed by atoms with Crippen LogP contribution in [0.15, 0.2) is 23.7 Å². The van der Waals surface area contributed by atoms with Crippen molar-refractivity contribution in [1.29, 1.82) is 0 Å². The first-order chi connectivity index (χ1) is 8.13. The van der Waals surface area contributed by atoms with Gasteiger partial charge in [0.05, 0.1) is 6.04 Å². The number of nitrogens with two attached hydrogens (primary N) is 1. The highest BCUT2D eigenvalue weighted by Gasteiger charge is 2.73. The fraction of sp³-hybridized carbons (Fsp3) is 0.667. The van der Waals surface area contributed by atoms with Crippen LogP contribution in [-0.2, 0) is 0 Å². The lowest BCUT2D eigenvalue weighted by molar-refractivity contribution is -0.130. The van der Waals surface area contributed by atoms with Crippen LogP contribution in [0.1, 0.15) is 12.8 Å².